The molecule has 1 heteroatoms. The molecule has 1 nitrogen and oxygen atoms in total. The Morgan fingerprint density at radius 2 is 1.86 bits per heavy atom. The van der Waals surface area contributed by atoms with Crippen LogP contribution < -0.4 is 0 Å². The van der Waals surface area contributed by atoms with Gasteiger partial charge in [-0.1, -0.05) is 45.8 Å². The summed E-state index contributed by atoms with van der Waals surface area (Å²) < 4.78 is 0. The molecule has 3 rings (SSSR count). The van der Waals surface area contributed by atoms with E-state index in [1.807, 2.05) is 0 Å². The molecule has 0 aromatic carbocycles. The molecule has 0 saturated heterocycles. The third-order valence-corrected chi connectivity index (χ3v) is 7.20. The fourth-order valence-electron chi connectivity index (χ4n) is 5.77. The molecule has 0 aromatic rings. The number of rotatable bonds is 1. The van der Waals surface area contributed by atoms with Gasteiger partial charge in [-0.3, -0.25) is 0 Å². The van der Waals surface area contributed by atoms with Gasteiger partial charge in [-0.2, -0.15) is 0 Å². The van der Waals surface area contributed by atoms with Crippen LogP contribution >= 0.6 is 0 Å². The van der Waals surface area contributed by atoms with Gasteiger partial charge in [0.05, 0.1) is 6.10 Å². The lowest BCUT2D eigenvalue weighted by atomic mass is 9.47. The minimum atomic E-state index is -0.213. The maximum absolute atomic E-state index is 10.8. The Morgan fingerprint density at radius 1 is 1.14 bits per heavy atom. The van der Waals surface area contributed by atoms with Crippen LogP contribution in [0.3, 0.4) is 0 Å². The van der Waals surface area contributed by atoms with E-state index in [0.29, 0.717) is 16.7 Å². The monoisotopic (exact) mass is 288 g/mol. The third-order valence-electron chi connectivity index (χ3n) is 7.20. The lowest BCUT2D eigenvalue weighted by Crippen LogP contribution is -2.50. The molecular formula is C20H32O. The van der Waals surface area contributed by atoms with Gasteiger partial charge in [0, 0.05) is 0 Å². The molecule has 1 saturated carbocycles. The molecule has 0 aliphatic heterocycles. The summed E-state index contributed by atoms with van der Waals surface area (Å²) in [6.45, 7) is 13.7. The first-order valence-corrected chi connectivity index (χ1v) is 8.76. The highest BCUT2D eigenvalue weighted by molar-refractivity contribution is 5.35. The SMILES string of the molecule is C=CC1(C)CCC2=C(C1)C(O)CC1C(C)(C)CCCC21C. The second-order valence-electron chi connectivity index (χ2n) is 9.10. The van der Waals surface area contributed by atoms with Gasteiger partial charge in [-0.25, -0.2) is 0 Å². The summed E-state index contributed by atoms with van der Waals surface area (Å²) in [5.74, 6) is 0.639. The number of aliphatic hydroxyl groups is 1. The number of fused-ring (bicyclic) bond motifs is 2. The molecule has 1 N–H and O–H groups in total. The van der Waals surface area contributed by atoms with Crippen LogP contribution in [0.2, 0.25) is 0 Å². The molecule has 21 heavy (non-hydrogen) atoms. The summed E-state index contributed by atoms with van der Waals surface area (Å²) in [6, 6.07) is 0. The molecule has 3 aliphatic rings. The first kappa shape index (κ1) is 15.3. The van der Waals surface area contributed by atoms with E-state index in [-0.39, 0.29) is 11.5 Å². The molecule has 118 valence electrons. The topological polar surface area (TPSA) is 20.2 Å². The van der Waals surface area contributed by atoms with Crippen LogP contribution in [-0.2, 0) is 0 Å². The molecule has 0 amide bonds. The molecule has 3 aliphatic carbocycles. The van der Waals surface area contributed by atoms with Gasteiger partial charge in [-0.05, 0) is 66.3 Å². The predicted octanol–water partition coefficient (Wildman–Crippen LogP) is 5.26. The van der Waals surface area contributed by atoms with Gasteiger partial charge in [0.25, 0.3) is 0 Å². The van der Waals surface area contributed by atoms with E-state index in [0.717, 1.165) is 19.3 Å². The van der Waals surface area contributed by atoms with Gasteiger partial charge in [0.15, 0.2) is 0 Å². The van der Waals surface area contributed by atoms with Crippen molar-refractivity contribution >= 4 is 0 Å². The van der Waals surface area contributed by atoms with Crippen molar-refractivity contribution in [1.82, 2.24) is 0 Å². The summed E-state index contributed by atoms with van der Waals surface area (Å²) in [4.78, 5) is 0. The minimum absolute atomic E-state index is 0.188. The standard InChI is InChI=1S/C20H32O/c1-6-19(4)11-8-15-14(13-19)16(21)12-17-18(2,3)9-7-10-20(15,17)5/h6,16-17,21H,1,7-13H2,2-5H3. The van der Waals surface area contributed by atoms with Crippen molar-refractivity contribution in [3.05, 3.63) is 23.8 Å². The minimum Gasteiger partial charge on any atom is -0.389 e. The Morgan fingerprint density at radius 3 is 2.52 bits per heavy atom. The Labute approximate surface area is 130 Å². The smallest absolute Gasteiger partial charge is 0.0756 e. The highest BCUT2D eigenvalue weighted by Crippen LogP contribution is 2.62. The van der Waals surface area contributed by atoms with E-state index < -0.39 is 0 Å². The second kappa shape index (κ2) is 4.72. The Balaban J connectivity index is 2.05. The van der Waals surface area contributed by atoms with Crippen molar-refractivity contribution in [3.8, 4) is 0 Å². The summed E-state index contributed by atoms with van der Waals surface area (Å²) >= 11 is 0. The molecule has 1 fully saturated rings. The van der Waals surface area contributed by atoms with Crippen LogP contribution in [0.4, 0.5) is 0 Å². The first-order chi connectivity index (χ1) is 9.72. The molecule has 4 unspecified atom stereocenters. The zero-order valence-electron chi connectivity index (χ0n) is 14.3. The number of hydrogen-bond acceptors (Lipinski definition) is 1. The Hall–Kier alpha value is -0.560. The van der Waals surface area contributed by atoms with Crippen molar-refractivity contribution in [2.24, 2.45) is 22.2 Å². The van der Waals surface area contributed by atoms with Gasteiger partial charge < -0.3 is 5.11 Å². The largest absolute Gasteiger partial charge is 0.389 e. The Kier molecular flexibility index (Phi) is 3.44. The normalized spacial score (nSPS) is 45.8. The van der Waals surface area contributed by atoms with Crippen molar-refractivity contribution in [3.63, 3.8) is 0 Å². The maximum Gasteiger partial charge on any atom is 0.0756 e. The van der Waals surface area contributed by atoms with Crippen LogP contribution in [0.25, 0.3) is 0 Å². The fourth-order valence-corrected chi connectivity index (χ4v) is 5.77. The molecule has 0 radical (unpaired) electrons. The van der Waals surface area contributed by atoms with Gasteiger partial charge in [0.1, 0.15) is 0 Å². The van der Waals surface area contributed by atoms with E-state index in [1.165, 1.54) is 31.3 Å². The van der Waals surface area contributed by atoms with E-state index in [4.69, 9.17) is 0 Å². The summed E-state index contributed by atoms with van der Waals surface area (Å²) in [6.07, 6.45) is 10.2. The number of aliphatic hydroxyl groups excluding tert-OH is 1. The number of allylic oxidation sites excluding steroid dienone is 2. The van der Waals surface area contributed by atoms with Gasteiger partial charge in [0.2, 0.25) is 0 Å². The predicted molar refractivity (Wildman–Crippen MR) is 89.0 cm³/mol. The summed E-state index contributed by atoms with van der Waals surface area (Å²) in [5.41, 5.74) is 3.89. The lowest BCUT2D eigenvalue weighted by Gasteiger charge is -2.58. The molecule has 0 spiro atoms. The first-order valence-electron chi connectivity index (χ1n) is 8.76. The van der Waals surface area contributed by atoms with Crippen molar-refractivity contribution in [2.75, 3.05) is 0 Å². The fraction of sp³-hybridized carbons (Fsp3) is 0.800. The van der Waals surface area contributed by atoms with Crippen molar-refractivity contribution in [1.29, 1.82) is 0 Å². The molecule has 0 bridgehead atoms. The summed E-state index contributed by atoms with van der Waals surface area (Å²) in [5, 5.41) is 10.8. The van der Waals surface area contributed by atoms with Crippen molar-refractivity contribution < 1.29 is 5.11 Å². The van der Waals surface area contributed by atoms with Crippen LogP contribution in [0.1, 0.15) is 72.6 Å². The van der Waals surface area contributed by atoms with E-state index in [2.05, 4.69) is 40.3 Å². The maximum atomic E-state index is 10.8. The Bertz CT molecular complexity index is 486. The molecule has 4 atom stereocenters. The average molecular weight is 288 g/mol. The quantitative estimate of drug-likeness (QED) is 0.653. The lowest BCUT2D eigenvalue weighted by molar-refractivity contribution is -0.0271. The van der Waals surface area contributed by atoms with Crippen molar-refractivity contribution in [2.45, 2.75) is 78.7 Å². The average Bonchev–Trinajstić information content (AvgIpc) is 2.41. The highest BCUT2D eigenvalue weighted by atomic mass is 16.3. The van der Waals surface area contributed by atoms with Crippen LogP contribution in [0.5, 0.6) is 0 Å². The summed E-state index contributed by atoms with van der Waals surface area (Å²) in [7, 11) is 0. The zero-order chi connectivity index (χ0) is 15.5. The zero-order valence-corrected chi connectivity index (χ0v) is 14.3. The van der Waals surface area contributed by atoms with Gasteiger partial charge >= 0.3 is 0 Å². The third kappa shape index (κ3) is 2.23. The van der Waals surface area contributed by atoms with Crippen LogP contribution in [-0.4, -0.2) is 11.2 Å². The second-order valence-corrected chi connectivity index (χ2v) is 9.10. The van der Waals surface area contributed by atoms with E-state index >= 15 is 0 Å². The van der Waals surface area contributed by atoms with E-state index in [1.54, 1.807) is 5.57 Å². The molecule has 0 heterocycles. The van der Waals surface area contributed by atoms with Crippen LogP contribution in [0, 0.1) is 22.2 Å². The highest BCUT2D eigenvalue weighted by Gasteiger charge is 2.53. The molecule has 0 aromatic heterocycles. The van der Waals surface area contributed by atoms with Crippen LogP contribution in [0.15, 0.2) is 23.8 Å². The van der Waals surface area contributed by atoms with E-state index in [9.17, 15) is 5.11 Å². The molecular weight excluding hydrogens is 256 g/mol. The van der Waals surface area contributed by atoms with Gasteiger partial charge in [-0.15, -0.1) is 6.58 Å². The number of hydrogen-bond donors (Lipinski definition) is 1.